The Morgan fingerprint density at radius 3 is 2.67 bits per heavy atom. The molecule has 0 aromatic heterocycles. The van der Waals surface area contributed by atoms with E-state index >= 15 is 0 Å². The van der Waals surface area contributed by atoms with Gasteiger partial charge in [-0.15, -0.1) is 0 Å². The average molecular weight is 214 g/mol. The Labute approximate surface area is 91.5 Å². The van der Waals surface area contributed by atoms with E-state index in [4.69, 9.17) is 9.47 Å². The standard InChI is InChI=1S/C11H20NO3/c1-5-12-8-6-7-9(12)14-10(13)15-11(2,3)4/h5-8H2,1-4H3. The lowest BCUT2D eigenvalue weighted by molar-refractivity contribution is -0.0209. The van der Waals surface area contributed by atoms with Gasteiger partial charge in [0, 0.05) is 13.0 Å². The molecule has 1 rings (SSSR count). The number of hydrogen-bond donors (Lipinski definition) is 0. The topological polar surface area (TPSA) is 38.8 Å². The van der Waals surface area contributed by atoms with Crippen LogP contribution in [0.5, 0.6) is 0 Å². The number of carbonyl (C=O) groups excluding carboxylic acids is 1. The van der Waals surface area contributed by atoms with E-state index in [0.717, 1.165) is 32.2 Å². The quantitative estimate of drug-likeness (QED) is 0.662. The third kappa shape index (κ3) is 4.08. The van der Waals surface area contributed by atoms with Gasteiger partial charge in [0.25, 0.3) is 0 Å². The summed E-state index contributed by atoms with van der Waals surface area (Å²) in [5.74, 6) is 0. The fourth-order valence-electron chi connectivity index (χ4n) is 1.52. The van der Waals surface area contributed by atoms with Crippen molar-refractivity contribution in [2.45, 2.75) is 46.1 Å². The highest BCUT2D eigenvalue weighted by Crippen LogP contribution is 2.25. The minimum Gasteiger partial charge on any atom is -0.429 e. The van der Waals surface area contributed by atoms with Crippen LogP contribution in [0.4, 0.5) is 4.79 Å². The van der Waals surface area contributed by atoms with E-state index in [-0.39, 0.29) is 0 Å². The van der Waals surface area contributed by atoms with Gasteiger partial charge < -0.3 is 9.47 Å². The Morgan fingerprint density at radius 1 is 1.47 bits per heavy atom. The smallest absolute Gasteiger partial charge is 0.429 e. The van der Waals surface area contributed by atoms with Crippen LogP contribution < -0.4 is 0 Å². The van der Waals surface area contributed by atoms with Crippen molar-refractivity contribution in [3.05, 3.63) is 6.23 Å². The van der Waals surface area contributed by atoms with E-state index in [1.807, 2.05) is 27.7 Å². The highest BCUT2D eigenvalue weighted by molar-refractivity contribution is 5.61. The third-order valence-electron chi connectivity index (χ3n) is 2.14. The first kappa shape index (κ1) is 12.3. The Balaban J connectivity index is 2.37. The summed E-state index contributed by atoms with van der Waals surface area (Å²) in [6.07, 6.45) is 2.02. The second kappa shape index (κ2) is 4.84. The Morgan fingerprint density at radius 2 is 2.13 bits per heavy atom. The van der Waals surface area contributed by atoms with Gasteiger partial charge in [0.05, 0.1) is 0 Å². The molecule has 0 aliphatic carbocycles. The van der Waals surface area contributed by atoms with Crippen LogP contribution in [0.25, 0.3) is 0 Å². The molecule has 0 N–H and O–H groups in total. The van der Waals surface area contributed by atoms with Gasteiger partial charge in [-0.05, 0) is 33.7 Å². The van der Waals surface area contributed by atoms with Gasteiger partial charge in [-0.3, -0.25) is 4.90 Å². The summed E-state index contributed by atoms with van der Waals surface area (Å²) in [4.78, 5) is 13.4. The van der Waals surface area contributed by atoms with Crippen LogP contribution in [0.1, 0.15) is 40.5 Å². The largest absolute Gasteiger partial charge is 0.510 e. The van der Waals surface area contributed by atoms with Gasteiger partial charge in [-0.1, -0.05) is 6.92 Å². The molecule has 87 valence electrons. The van der Waals surface area contributed by atoms with Crippen molar-refractivity contribution in [2.24, 2.45) is 0 Å². The zero-order valence-corrected chi connectivity index (χ0v) is 10.0. The first-order valence-corrected chi connectivity index (χ1v) is 5.44. The monoisotopic (exact) mass is 214 g/mol. The van der Waals surface area contributed by atoms with Gasteiger partial charge >= 0.3 is 6.16 Å². The lowest BCUT2D eigenvalue weighted by Gasteiger charge is -2.23. The van der Waals surface area contributed by atoms with Gasteiger partial charge in [0.2, 0.25) is 6.23 Å². The number of ether oxygens (including phenoxy) is 2. The van der Waals surface area contributed by atoms with Crippen LogP contribution in [-0.2, 0) is 9.47 Å². The zero-order chi connectivity index (χ0) is 11.5. The lowest BCUT2D eigenvalue weighted by Crippen LogP contribution is -2.30. The van der Waals surface area contributed by atoms with Crippen LogP contribution in [0.15, 0.2) is 0 Å². The number of rotatable bonds is 2. The fourth-order valence-corrected chi connectivity index (χ4v) is 1.52. The zero-order valence-electron chi connectivity index (χ0n) is 10.0. The molecular weight excluding hydrogens is 194 g/mol. The maximum absolute atomic E-state index is 11.4. The van der Waals surface area contributed by atoms with Crippen LogP contribution in [-0.4, -0.2) is 29.7 Å². The van der Waals surface area contributed by atoms with Crippen molar-refractivity contribution in [1.82, 2.24) is 4.90 Å². The summed E-state index contributed by atoms with van der Waals surface area (Å²) in [6, 6.07) is 0. The molecule has 1 heterocycles. The predicted molar refractivity (Wildman–Crippen MR) is 57.0 cm³/mol. The summed E-state index contributed by atoms with van der Waals surface area (Å²) >= 11 is 0. The van der Waals surface area contributed by atoms with Gasteiger partial charge in [0.15, 0.2) is 0 Å². The van der Waals surface area contributed by atoms with Crippen molar-refractivity contribution >= 4 is 6.16 Å². The minimum atomic E-state index is -0.599. The Hall–Kier alpha value is -0.770. The van der Waals surface area contributed by atoms with E-state index in [2.05, 4.69) is 4.90 Å². The first-order valence-electron chi connectivity index (χ1n) is 5.44. The van der Waals surface area contributed by atoms with E-state index < -0.39 is 11.8 Å². The van der Waals surface area contributed by atoms with E-state index in [1.165, 1.54) is 0 Å². The highest BCUT2D eigenvalue weighted by Gasteiger charge is 2.30. The molecule has 0 bridgehead atoms. The molecule has 0 spiro atoms. The summed E-state index contributed by atoms with van der Waals surface area (Å²) < 4.78 is 10.3. The van der Waals surface area contributed by atoms with Gasteiger partial charge in [-0.25, -0.2) is 4.79 Å². The fraction of sp³-hybridized carbons (Fsp3) is 0.818. The van der Waals surface area contributed by atoms with Crippen LogP contribution in [0, 0.1) is 6.23 Å². The Kier molecular flexibility index (Phi) is 3.97. The molecule has 0 atom stereocenters. The van der Waals surface area contributed by atoms with Crippen LogP contribution in [0.2, 0.25) is 0 Å². The molecular formula is C11H20NO3. The molecule has 1 aliphatic rings. The molecule has 1 aliphatic heterocycles. The molecule has 15 heavy (non-hydrogen) atoms. The third-order valence-corrected chi connectivity index (χ3v) is 2.14. The summed E-state index contributed by atoms with van der Waals surface area (Å²) in [6.45, 7) is 9.36. The van der Waals surface area contributed by atoms with Crippen molar-refractivity contribution in [3.63, 3.8) is 0 Å². The highest BCUT2D eigenvalue weighted by atomic mass is 16.7. The molecule has 0 aromatic rings. The molecule has 0 saturated carbocycles. The normalized spacial score (nSPS) is 19.2. The number of hydrogen-bond acceptors (Lipinski definition) is 4. The predicted octanol–water partition coefficient (Wildman–Crippen LogP) is 2.54. The van der Waals surface area contributed by atoms with Gasteiger partial charge in [0.1, 0.15) is 5.60 Å². The van der Waals surface area contributed by atoms with Crippen LogP contribution >= 0.6 is 0 Å². The summed E-state index contributed by atoms with van der Waals surface area (Å²) in [5, 5.41) is 0. The second-order valence-electron chi connectivity index (χ2n) is 4.64. The van der Waals surface area contributed by atoms with E-state index in [9.17, 15) is 4.79 Å². The maximum atomic E-state index is 11.4. The van der Waals surface area contributed by atoms with Crippen molar-refractivity contribution < 1.29 is 14.3 Å². The first-order chi connectivity index (χ1) is 6.92. The SMILES string of the molecule is CCN1CCC[C]1OC(=O)OC(C)(C)C. The van der Waals surface area contributed by atoms with Crippen molar-refractivity contribution in [2.75, 3.05) is 13.1 Å². The van der Waals surface area contributed by atoms with Crippen LogP contribution in [0.3, 0.4) is 0 Å². The maximum Gasteiger partial charge on any atom is 0.510 e. The Bertz CT molecular complexity index is 222. The van der Waals surface area contributed by atoms with E-state index in [0.29, 0.717) is 0 Å². The molecule has 1 saturated heterocycles. The number of nitrogens with zero attached hydrogens (tertiary/aromatic N) is 1. The minimum absolute atomic E-state index is 0.493. The lowest BCUT2D eigenvalue weighted by atomic mass is 10.2. The summed E-state index contributed by atoms with van der Waals surface area (Å²) in [5.41, 5.74) is -0.493. The summed E-state index contributed by atoms with van der Waals surface area (Å²) in [7, 11) is 0. The molecule has 1 fully saturated rings. The second-order valence-corrected chi connectivity index (χ2v) is 4.64. The number of likely N-dealkylation sites (tertiary alicyclic amines) is 1. The van der Waals surface area contributed by atoms with Crippen molar-refractivity contribution in [3.8, 4) is 0 Å². The molecule has 4 heteroatoms. The molecule has 0 unspecified atom stereocenters. The number of carbonyl (C=O) groups is 1. The molecule has 1 radical (unpaired) electrons. The molecule has 4 nitrogen and oxygen atoms in total. The average Bonchev–Trinajstić information content (AvgIpc) is 2.48. The van der Waals surface area contributed by atoms with E-state index in [1.54, 1.807) is 0 Å². The molecule has 0 amide bonds. The van der Waals surface area contributed by atoms with Gasteiger partial charge in [-0.2, -0.15) is 0 Å². The van der Waals surface area contributed by atoms with Crippen molar-refractivity contribution in [1.29, 1.82) is 0 Å². The molecule has 0 aromatic carbocycles.